The molecular weight excluding hydrogens is 386 g/mol. The predicted octanol–water partition coefficient (Wildman–Crippen LogP) is 4.16. The number of nitrogens with one attached hydrogen (secondary N) is 2. The Bertz CT molecular complexity index is 930. The number of anilines is 1. The van der Waals surface area contributed by atoms with Crippen molar-refractivity contribution in [2.24, 2.45) is 0 Å². The van der Waals surface area contributed by atoms with Gasteiger partial charge in [0.15, 0.2) is 0 Å². The van der Waals surface area contributed by atoms with Crippen molar-refractivity contribution in [3.8, 4) is 0 Å². The lowest BCUT2D eigenvalue weighted by Crippen LogP contribution is -2.36. The molecule has 29 heavy (non-hydrogen) atoms. The quantitative estimate of drug-likeness (QED) is 0.614. The molecule has 150 valence electrons. The van der Waals surface area contributed by atoms with Gasteiger partial charge in [-0.1, -0.05) is 6.07 Å². The van der Waals surface area contributed by atoms with E-state index in [0.717, 1.165) is 18.8 Å². The van der Waals surface area contributed by atoms with E-state index < -0.39 is 0 Å². The number of furan rings is 1. The number of carbonyl (C=O) groups excluding carboxylic acids is 2. The van der Waals surface area contributed by atoms with Crippen molar-refractivity contribution >= 4 is 28.8 Å². The van der Waals surface area contributed by atoms with Crippen molar-refractivity contribution < 1.29 is 14.0 Å². The van der Waals surface area contributed by atoms with Gasteiger partial charge < -0.3 is 15.1 Å². The van der Waals surface area contributed by atoms with Gasteiger partial charge in [-0.3, -0.25) is 14.5 Å². The topological polar surface area (TPSA) is 74.6 Å². The molecule has 1 atom stereocenters. The number of thiophene rings is 1. The minimum Gasteiger partial charge on any atom is -0.468 e. The van der Waals surface area contributed by atoms with E-state index in [1.54, 1.807) is 36.6 Å². The fourth-order valence-electron chi connectivity index (χ4n) is 3.54. The monoisotopic (exact) mass is 409 g/mol. The maximum atomic E-state index is 12.6. The van der Waals surface area contributed by atoms with Crippen LogP contribution in [0.1, 0.15) is 44.7 Å². The fourth-order valence-corrected chi connectivity index (χ4v) is 4.16. The largest absolute Gasteiger partial charge is 0.468 e. The lowest BCUT2D eigenvalue weighted by molar-refractivity contribution is 0.0933. The van der Waals surface area contributed by atoms with Gasteiger partial charge in [-0.05, 0) is 73.8 Å². The minimum atomic E-state index is -0.149. The standard InChI is InChI=1S/C22H23N3O3S/c26-21(23-15-18(19-5-3-13-28-19)25-11-1-2-12-25)16-7-9-17(10-8-16)24-22(27)20-6-4-14-29-20/h3-10,13-14,18H,1-2,11-12,15H2,(H,23,26)(H,24,27)/t18-/m0/s1. The first-order valence-electron chi connectivity index (χ1n) is 9.71. The van der Waals surface area contributed by atoms with E-state index in [1.165, 1.54) is 24.2 Å². The second kappa shape index (κ2) is 9.07. The highest BCUT2D eigenvalue weighted by atomic mass is 32.1. The summed E-state index contributed by atoms with van der Waals surface area (Å²) in [4.78, 5) is 27.7. The molecule has 0 bridgehead atoms. The third-order valence-electron chi connectivity index (χ3n) is 5.06. The SMILES string of the molecule is O=C(NC[C@@H](c1ccco1)N1CCCC1)c1ccc(NC(=O)c2cccs2)cc1. The summed E-state index contributed by atoms with van der Waals surface area (Å²) >= 11 is 1.39. The zero-order valence-corrected chi connectivity index (χ0v) is 16.8. The summed E-state index contributed by atoms with van der Waals surface area (Å²) in [5.74, 6) is 0.583. The molecule has 0 unspecified atom stereocenters. The van der Waals surface area contributed by atoms with Crippen LogP contribution in [0.5, 0.6) is 0 Å². The Balaban J connectivity index is 1.36. The molecule has 7 heteroatoms. The molecule has 0 aliphatic carbocycles. The van der Waals surface area contributed by atoms with E-state index in [4.69, 9.17) is 4.42 Å². The van der Waals surface area contributed by atoms with E-state index in [2.05, 4.69) is 15.5 Å². The van der Waals surface area contributed by atoms with E-state index in [1.807, 2.05) is 23.6 Å². The third kappa shape index (κ3) is 4.75. The number of hydrogen-bond donors (Lipinski definition) is 2. The first-order chi connectivity index (χ1) is 14.2. The van der Waals surface area contributed by atoms with E-state index >= 15 is 0 Å². The second-order valence-corrected chi connectivity index (χ2v) is 7.94. The van der Waals surface area contributed by atoms with E-state index in [0.29, 0.717) is 22.7 Å². The summed E-state index contributed by atoms with van der Waals surface area (Å²) in [5.41, 5.74) is 1.21. The van der Waals surface area contributed by atoms with Gasteiger partial charge >= 0.3 is 0 Å². The average molecular weight is 410 g/mol. The highest BCUT2D eigenvalue weighted by Gasteiger charge is 2.26. The average Bonchev–Trinajstić information content (AvgIpc) is 3.52. The molecular formula is C22H23N3O3S. The number of amides is 2. The van der Waals surface area contributed by atoms with Crippen molar-refractivity contribution in [3.05, 3.63) is 76.4 Å². The molecule has 0 radical (unpaired) electrons. The minimum absolute atomic E-state index is 0.0424. The highest BCUT2D eigenvalue weighted by Crippen LogP contribution is 2.25. The highest BCUT2D eigenvalue weighted by molar-refractivity contribution is 7.12. The molecule has 1 aliphatic rings. The molecule has 2 aromatic heterocycles. The van der Waals surface area contributed by atoms with E-state index in [9.17, 15) is 9.59 Å². The summed E-state index contributed by atoms with van der Waals surface area (Å²) in [7, 11) is 0. The van der Waals surface area contributed by atoms with Gasteiger partial charge in [0, 0.05) is 17.8 Å². The molecule has 1 aromatic carbocycles. The Morgan fingerprint density at radius 2 is 1.83 bits per heavy atom. The zero-order chi connectivity index (χ0) is 20.1. The number of benzene rings is 1. The Kier molecular flexibility index (Phi) is 6.07. The van der Waals surface area contributed by atoms with Crippen LogP contribution in [0.15, 0.2) is 64.6 Å². The number of hydrogen-bond acceptors (Lipinski definition) is 5. The van der Waals surface area contributed by atoms with Crippen molar-refractivity contribution in [1.29, 1.82) is 0 Å². The molecule has 3 heterocycles. The maximum Gasteiger partial charge on any atom is 0.265 e. The number of rotatable bonds is 7. The van der Waals surface area contributed by atoms with Crippen LogP contribution in [-0.2, 0) is 0 Å². The Morgan fingerprint density at radius 1 is 1.03 bits per heavy atom. The Hall–Kier alpha value is -2.90. The maximum absolute atomic E-state index is 12.6. The number of carbonyl (C=O) groups is 2. The normalized spacial score (nSPS) is 15.2. The lowest BCUT2D eigenvalue weighted by atomic mass is 10.1. The molecule has 4 rings (SSSR count). The molecule has 1 saturated heterocycles. The van der Waals surface area contributed by atoms with Gasteiger partial charge in [-0.2, -0.15) is 0 Å². The molecule has 0 spiro atoms. The first kappa shape index (κ1) is 19.4. The molecule has 3 aromatic rings. The van der Waals surface area contributed by atoms with Gasteiger partial charge in [-0.25, -0.2) is 0 Å². The van der Waals surface area contributed by atoms with E-state index in [-0.39, 0.29) is 17.9 Å². The first-order valence-corrected chi connectivity index (χ1v) is 10.6. The Labute approximate surface area is 173 Å². The smallest absolute Gasteiger partial charge is 0.265 e. The van der Waals surface area contributed by atoms with Gasteiger partial charge in [0.05, 0.1) is 17.2 Å². The predicted molar refractivity (Wildman–Crippen MR) is 113 cm³/mol. The molecule has 1 aliphatic heterocycles. The summed E-state index contributed by atoms with van der Waals surface area (Å²) in [5, 5.41) is 7.72. The summed E-state index contributed by atoms with van der Waals surface area (Å²) < 4.78 is 5.60. The number of likely N-dealkylation sites (tertiary alicyclic amines) is 1. The lowest BCUT2D eigenvalue weighted by Gasteiger charge is -2.26. The molecule has 1 fully saturated rings. The van der Waals surface area contributed by atoms with Crippen LogP contribution in [0.3, 0.4) is 0 Å². The summed E-state index contributed by atoms with van der Waals surface area (Å²) in [6.07, 6.45) is 4.01. The van der Waals surface area contributed by atoms with Crippen LogP contribution < -0.4 is 10.6 Å². The van der Waals surface area contributed by atoms with Crippen LogP contribution in [0.4, 0.5) is 5.69 Å². The van der Waals surface area contributed by atoms with Crippen molar-refractivity contribution in [2.75, 3.05) is 25.0 Å². The second-order valence-electron chi connectivity index (χ2n) is 6.99. The summed E-state index contributed by atoms with van der Waals surface area (Å²) in [6.45, 7) is 2.52. The van der Waals surface area contributed by atoms with Crippen molar-refractivity contribution in [1.82, 2.24) is 10.2 Å². The molecule has 2 amide bonds. The Morgan fingerprint density at radius 3 is 2.48 bits per heavy atom. The summed E-state index contributed by atoms with van der Waals surface area (Å²) in [6, 6.07) is 14.4. The van der Waals surface area contributed by atoms with Crippen LogP contribution in [0.25, 0.3) is 0 Å². The zero-order valence-electron chi connectivity index (χ0n) is 16.0. The van der Waals surface area contributed by atoms with Crippen LogP contribution in [-0.4, -0.2) is 36.3 Å². The molecule has 2 N–H and O–H groups in total. The van der Waals surface area contributed by atoms with Crippen molar-refractivity contribution in [3.63, 3.8) is 0 Å². The van der Waals surface area contributed by atoms with Gasteiger partial charge in [0.25, 0.3) is 11.8 Å². The molecule has 6 nitrogen and oxygen atoms in total. The van der Waals surface area contributed by atoms with Crippen LogP contribution in [0.2, 0.25) is 0 Å². The van der Waals surface area contributed by atoms with Gasteiger partial charge in [0.2, 0.25) is 0 Å². The molecule has 0 saturated carbocycles. The van der Waals surface area contributed by atoms with Gasteiger partial charge in [0.1, 0.15) is 5.76 Å². The van der Waals surface area contributed by atoms with Gasteiger partial charge in [-0.15, -0.1) is 11.3 Å². The number of nitrogens with zero attached hydrogens (tertiary/aromatic N) is 1. The third-order valence-corrected chi connectivity index (χ3v) is 5.93. The van der Waals surface area contributed by atoms with Crippen LogP contribution in [0, 0.1) is 0 Å². The van der Waals surface area contributed by atoms with Crippen molar-refractivity contribution in [2.45, 2.75) is 18.9 Å². The van der Waals surface area contributed by atoms with Crippen LogP contribution >= 0.6 is 11.3 Å². The fraction of sp³-hybridized carbons (Fsp3) is 0.273.